The fourth-order valence-corrected chi connectivity index (χ4v) is 2.95. The predicted octanol–water partition coefficient (Wildman–Crippen LogP) is 6.39. The number of rotatable bonds is 10. The number of hydrogen-bond donors (Lipinski definition) is 2. The van der Waals surface area contributed by atoms with Crippen molar-refractivity contribution in [1.82, 2.24) is 4.98 Å². The van der Waals surface area contributed by atoms with Gasteiger partial charge in [0.1, 0.15) is 5.82 Å². The van der Waals surface area contributed by atoms with E-state index in [1.165, 1.54) is 5.56 Å². The summed E-state index contributed by atoms with van der Waals surface area (Å²) < 4.78 is 0. The molecular weight excluding hydrogens is 344 g/mol. The van der Waals surface area contributed by atoms with Gasteiger partial charge in [-0.25, -0.2) is 4.98 Å². The summed E-state index contributed by atoms with van der Waals surface area (Å²) in [6, 6.07) is 2.05. The number of unbranched alkanes of at least 4 members (excludes halogenated alkanes) is 1. The van der Waals surface area contributed by atoms with Crippen molar-refractivity contribution in [2.75, 3.05) is 12.4 Å². The Kier molecular flexibility index (Phi) is 10.3. The molecular formula is C25H36N2O. The maximum Gasteiger partial charge on any atom is 0.125 e. The number of anilines is 1. The highest BCUT2D eigenvalue weighted by atomic mass is 16.3. The number of pyridine rings is 1. The lowest BCUT2D eigenvalue weighted by atomic mass is 9.93. The van der Waals surface area contributed by atoms with Gasteiger partial charge in [-0.3, -0.25) is 0 Å². The molecule has 1 rings (SSSR count). The summed E-state index contributed by atoms with van der Waals surface area (Å²) in [6.07, 6.45) is 14.9. The first kappa shape index (κ1) is 23.6. The first-order chi connectivity index (χ1) is 13.4. The lowest BCUT2D eigenvalue weighted by molar-refractivity contribution is 0.211. The highest BCUT2D eigenvalue weighted by Gasteiger charge is 2.09. The van der Waals surface area contributed by atoms with Crippen LogP contribution < -0.4 is 5.32 Å². The molecule has 0 saturated heterocycles. The molecule has 0 amide bonds. The van der Waals surface area contributed by atoms with Gasteiger partial charge in [0.05, 0.1) is 6.10 Å². The summed E-state index contributed by atoms with van der Waals surface area (Å²) in [5, 5.41) is 13.1. The van der Waals surface area contributed by atoms with Gasteiger partial charge in [-0.2, -0.15) is 0 Å². The molecule has 0 radical (unpaired) electrons. The molecule has 2 N–H and O–H groups in total. The van der Waals surface area contributed by atoms with Crippen molar-refractivity contribution in [3.8, 4) is 0 Å². The summed E-state index contributed by atoms with van der Waals surface area (Å²) in [5.41, 5.74) is 6.36. The third-order valence-corrected chi connectivity index (χ3v) is 4.71. The monoisotopic (exact) mass is 380 g/mol. The molecule has 1 aromatic rings. The van der Waals surface area contributed by atoms with Gasteiger partial charge in [-0.15, -0.1) is 0 Å². The minimum atomic E-state index is -0.503. The predicted molar refractivity (Wildman–Crippen MR) is 123 cm³/mol. The van der Waals surface area contributed by atoms with Crippen LogP contribution in [0.2, 0.25) is 0 Å². The van der Waals surface area contributed by atoms with E-state index >= 15 is 0 Å². The van der Waals surface area contributed by atoms with Crippen LogP contribution in [0.4, 0.5) is 5.82 Å². The molecule has 0 aliphatic rings. The second-order valence-electron chi connectivity index (χ2n) is 7.00. The molecule has 28 heavy (non-hydrogen) atoms. The molecule has 0 spiro atoms. The van der Waals surface area contributed by atoms with Crippen molar-refractivity contribution in [2.45, 2.75) is 60.0 Å². The van der Waals surface area contributed by atoms with E-state index in [1.54, 1.807) is 0 Å². The molecule has 1 aromatic heterocycles. The molecule has 0 aliphatic heterocycles. The summed E-state index contributed by atoms with van der Waals surface area (Å²) in [4.78, 5) is 4.46. The van der Waals surface area contributed by atoms with Crippen LogP contribution in [0.15, 0.2) is 65.4 Å². The largest absolute Gasteiger partial charge is 0.388 e. The number of aliphatic hydroxyl groups excluding tert-OH is 1. The lowest BCUT2D eigenvalue weighted by Gasteiger charge is -2.14. The van der Waals surface area contributed by atoms with Gasteiger partial charge in [0.2, 0.25) is 0 Å². The summed E-state index contributed by atoms with van der Waals surface area (Å²) in [6.45, 7) is 14.4. The first-order valence-corrected chi connectivity index (χ1v) is 10.1. The topological polar surface area (TPSA) is 45.2 Å². The van der Waals surface area contributed by atoms with Gasteiger partial charge in [-0.05, 0) is 79.2 Å². The molecule has 1 heterocycles. The molecule has 1 unspecified atom stereocenters. The smallest absolute Gasteiger partial charge is 0.125 e. The quantitative estimate of drug-likeness (QED) is 0.462. The fourth-order valence-electron chi connectivity index (χ4n) is 2.95. The highest BCUT2D eigenvalue weighted by Crippen LogP contribution is 2.26. The molecule has 0 saturated carbocycles. The van der Waals surface area contributed by atoms with Crippen molar-refractivity contribution in [2.24, 2.45) is 0 Å². The van der Waals surface area contributed by atoms with E-state index in [2.05, 4.69) is 68.0 Å². The summed E-state index contributed by atoms with van der Waals surface area (Å²) in [7, 11) is 1.87. The number of aromatic nitrogens is 1. The third kappa shape index (κ3) is 6.97. The molecule has 0 bridgehead atoms. The normalized spacial score (nSPS) is 14.5. The Hall–Kier alpha value is -2.39. The number of aliphatic hydroxyl groups is 1. The Morgan fingerprint density at radius 2 is 2.07 bits per heavy atom. The molecule has 1 atom stereocenters. The Labute approximate surface area is 171 Å². The van der Waals surface area contributed by atoms with E-state index in [4.69, 9.17) is 0 Å². The van der Waals surface area contributed by atoms with Crippen LogP contribution in [0.3, 0.4) is 0 Å². The van der Waals surface area contributed by atoms with E-state index in [9.17, 15) is 5.11 Å². The zero-order valence-corrected chi connectivity index (χ0v) is 18.3. The van der Waals surface area contributed by atoms with Crippen LogP contribution >= 0.6 is 0 Å². The minimum Gasteiger partial charge on any atom is -0.388 e. The van der Waals surface area contributed by atoms with E-state index < -0.39 is 6.10 Å². The van der Waals surface area contributed by atoms with Crippen LogP contribution in [0.25, 0.3) is 6.08 Å². The zero-order chi connectivity index (χ0) is 21.1. The summed E-state index contributed by atoms with van der Waals surface area (Å²) >= 11 is 0. The van der Waals surface area contributed by atoms with Gasteiger partial charge in [0.15, 0.2) is 0 Å². The molecule has 0 fully saturated rings. The van der Waals surface area contributed by atoms with E-state index in [1.807, 2.05) is 33.2 Å². The Balaban J connectivity index is 3.38. The van der Waals surface area contributed by atoms with Crippen molar-refractivity contribution in [3.05, 3.63) is 76.6 Å². The zero-order valence-electron chi connectivity index (χ0n) is 18.3. The Morgan fingerprint density at radius 1 is 1.36 bits per heavy atom. The molecule has 3 nitrogen and oxygen atoms in total. The molecule has 0 aliphatic carbocycles. The maximum absolute atomic E-state index is 10.1. The Bertz CT molecular complexity index is 782. The number of aryl methyl sites for hydroxylation is 1. The average Bonchev–Trinajstić information content (AvgIpc) is 2.68. The third-order valence-electron chi connectivity index (χ3n) is 4.71. The number of allylic oxidation sites excluding steroid dienone is 6. The second kappa shape index (κ2) is 12.1. The van der Waals surface area contributed by atoms with Crippen LogP contribution in [0.5, 0.6) is 0 Å². The van der Waals surface area contributed by atoms with E-state index in [-0.39, 0.29) is 0 Å². The molecule has 3 heteroatoms. The SMILES string of the molecule is C=C(\C=C(C)/C(=C\C)C(/C=C/CCC)=C/c1cnc(NC)cc1C)C(O)CC. The van der Waals surface area contributed by atoms with Crippen LogP contribution in [0, 0.1) is 6.92 Å². The van der Waals surface area contributed by atoms with Crippen molar-refractivity contribution in [1.29, 1.82) is 0 Å². The van der Waals surface area contributed by atoms with Crippen LogP contribution in [-0.2, 0) is 0 Å². The average molecular weight is 381 g/mol. The van der Waals surface area contributed by atoms with Gasteiger partial charge in [0, 0.05) is 13.2 Å². The van der Waals surface area contributed by atoms with Gasteiger partial charge < -0.3 is 10.4 Å². The highest BCUT2D eigenvalue weighted by molar-refractivity contribution is 5.68. The van der Waals surface area contributed by atoms with Crippen LogP contribution in [0.1, 0.15) is 58.1 Å². The lowest BCUT2D eigenvalue weighted by Crippen LogP contribution is -2.06. The first-order valence-electron chi connectivity index (χ1n) is 10.1. The number of nitrogens with one attached hydrogen (secondary N) is 1. The maximum atomic E-state index is 10.1. The van der Waals surface area contributed by atoms with Gasteiger partial charge in [0.25, 0.3) is 0 Å². The summed E-state index contributed by atoms with van der Waals surface area (Å²) in [5.74, 6) is 0.866. The number of hydrogen-bond acceptors (Lipinski definition) is 3. The molecule has 0 aromatic carbocycles. The standard InChI is InChI=1S/C25H36N2O/c1-8-11-12-13-21(16-22-17-27-25(26-7)15-18(22)4)23(9-2)19(5)14-20(6)24(28)10-3/h9,12-17,24,28H,6,8,10-11H2,1-5,7H3,(H,26,27)/b13-12+,19-14-,21-16+,23-9+. The Morgan fingerprint density at radius 3 is 2.61 bits per heavy atom. The van der Waals surface area contributed by atoms with Crippen LogP contribution in [-0.4, -0.2) is 23.2 Å². The van der Waals surface area contributed by atoms with Gasteiger partial charge in [-0.1, -0.05) is 51.2 Å². The van der Waals surface area contributed by atoms with Crippen molar-refractivity contribution >= 4 is 11.9 Å². The van der Waals surface area contributed by atoms with E-state index in [0.29, 0.717) is 6.42 Å². The molecule has 152 valence electrons. The van der Waals surface area contributed by atoms with Gasteiger partial charge >= 0.3 is 0 Å². The minimum absolute atomic E-state index is 0.503. The van der Waals surface area contributed by atoms with E-state index in [0.717, 1.165) is 46.5 Å². The fraction of sp³-hybridized carbons (Fsp3) is 0.400. The van der Waals surface area contributed by atoms with Crippen molar-refractivity contribution < 1.29 is 5.11 Å². The number of nitrogens with zero attached hydrogens (tertiary/aromatic N) is 1. The van der Waals surface area contributed by atoms with Crippen molar-refractivity contribution in [3.63, 3.8) is 0 Å². The second-order valence-corrected chi connectivity index (χ2v) is 7.00.